The van der Waals surface area contributed by atoms with Crippen molar-refractivity contribution in [2.75, 3.05) is 25.1 Å². The third kappa shape index (κ3) is 8.37. The van der Waals surface area contributed by atoms with E-state index in [9.17, 15) is 18.0 Å². The van der Waals surface area contributed by atoms with Crippen molar-refractivity contribution >= 4 is 39.1 Å². The molecule has 220 valence electrons. The zero-order valence-electron chi connectivity index (χ0n) is 24.0. The first-order valence-corrected chi connectivity index (χ1v) is 14.7. The highest BCUT2D eigenvalue weighted by Gasteiger charge is 2.33. The van der Waals surface area contributed by atoms with E-state index in [1.165, 1.54) is 49.5 Å². The van der Waals surface area contributed by atoms with Crippen molar-refractivity contribution in [2.45, 2.75) is 50.7 Å². The van der Waals surface area contributed by atoms with Crippen molar-refractivity contribution in [1.29, 1.82) is 0 Å². The van der Waals surface area contributed by atoms with Crippen molar-refractivity contribution in [1.82, 2.24) is 10.2 Å². The number of ether oxygens (including phenoxy) is 2. The van der Waals surface area contributed by atoms with Gasteiger partial charge in [0.2, 0.25) is 11.8 Å². The number of sulfonamides is 1. The molecule has 0 radical (unpaired) electrons. The Balaban J connectivity index is 2.05. The summed E-state index contributed by atoms with van der Waals surface area (Å²) in [6, 6.07) is 18.3. The highest BCUT2D eigenvalue weighted by atomic mass is 35.5. The molecular formula is C30H36ClN3O6S. The second kappa shape index (κ2) is 13.3. The van der Waals surface area contributed by atoms with Gasteiger partial charge in [-0.05, 0) is 87.9 Å². The van der Waals surface area contributed by atoms with Crippen molar-refractivity contribution in [3.8, 4) is 11.5 Å². The van der Waals surface area contributed by atoms with Gasteiger partial charge in [0, 0.05) is 17.1 Å². The molecule has 41 heavy (non-hydrogen) atoms. The van der Waals surface area contributed by atoms with Gasteiger partial charge >= 0.3 is 0 Å². The normalized spacial score (nSPS) is 12.3. The summed E-state index contributed by atoms with van der Waals surface area (Å²) in [6.45, 7) is 6.60. The van der Waals surface area contributed by atoms with Crippen LogP contribution in [0.1, 0.15) is 33.3 Å². The van der Waals surface area contributed by atoms with E-state index in [4.69, 9.17) is 21.1 Å². The first kappa shape index (κ1) is 31.8. The molecule has 0 aliphatic rings. The molecular weight excluding hydrogens is 566 g/mol. The SMILES string of the molecule is COc1ccc(S(=O)(=O)N(CC(=O)N(Cc2cccc(OC)c2)C(C)C(=O)NC(C)(C)C)c2cccc(Cl)c2)cc1. The van der Waals surface area contributed by atoms with Gasteiger partial charge in [-0.2, -0.15) is 0 Å². The highest BCUT2D eigenvalue weighted by molar-refractivity contribution is 7.92. The quantitative estimate of drug-likeness (QED) is 0.336. The van der Waals surface area contributed by atoms with E-state index in [1.807, 2.05) is 20.8 Å². The van der Waals surface area contributed by atoms with Crippen molar-refractivity contribution in [3.63, 3.8) is 0 Å². The van der Waals surface area contributed by atoms with Crippen LogP contribution >= 0.6 is 11.6 Å². The third-order valence-corrected chi connectivity index (χ3v) is 8.20. The summed E-state index contributed by atoms with van der Waals surface area (Å²) in [5.74, 6) is 0.115. The number of carbonyl (C=O) groups excluding carboxylic acids is 2. The van der Waals surface area contributed by atoms with Gasteiger partial charge in [0.05, 0.1) is 24.8 Å². The van der Waals surface area contributed by atoms with E-state index in [2.05, 4.69) is 5.32 Å². The van der Waals surface area contributed by atoms with E-state index < -0.39 is 34.1 Å². The Labute approximate surface area is 247 Å². The molecule has 0 saturated heterocycles. The van der Waals surface area contributed by atoms with Crippen LogP contribution in [0.15, 0.2) is 77.7 Å². The summed E-state index contributed by atoms with van der Waals surface area (Å²) in [7, 11) is -1.22. The van der Waals surface area contributed by atoms with Crippen LogP contribution in [-0.4, -0.2) is 57.5 Å². The van der Waals surface area contributed by atoms with Crippen LogP contribution in [0.25, 0.3) is 0 Å². The standard InChI is InChI=1S/C30H36ClN3O6S/c1-21(29(36)32-30(2,3)4)33(19-22-9-7-12-26(17-22)40-6)28(35)20-34(24-11-8-10-23(31)18-24)41(37,38)27-15-13-25(39-5)14-16-27/h7-18,21H,19-20H2,1-6H3,(H,32,36). The first-order chi connectivity index (χ1) is 19.2. The number of benzene rings is 3. The minimum absolute atomic E-state index is 0.0380. The Kier molecular flexibility index (Phi) is 10.3. The number of anilines is 1. The molecule has 0 spiro atoms. The second-order valence-corrected chi connectivity index (χ2v) is 12.8. The molecule has 0 aliphatic heterocycles. The lowest BCUT2D eigenvalue weighted by molar-refractivity contribution is -0.140. The number of amides is 2. The molecule has 0 heterocycles. The second-order valence-electron chi connectivity index (χ2n) is 10.5. The van der Waals surface area contributed by atoms with E-state index in [-0.39, 0.29) is 23.0 Å². The summed E-state index contributed by atoms with van der Waals surface area (Å²) in [6.07, 6.45) is 0. The maximum atomic E-state index is 14.0. The Morgan fingerprint density at radius 2 is 1.56 bits per heavy atom. The molecule has 3 rings (SSSR count). The predicted octanol–water partition coefficient (Wildman–Crippen LogP) is 4.88. The van der Waals surface area contributed by atoms with Gasteiger partial charge in [-0.15, -0.1) is 0 Å². The molecule has 9 nitrogen and oxygen atoms in total. The first-order valence-electron chi connectivity index (χ1n) is 12.9. The Hall–Kier alpha value is -3.76. The van der Waals surface area contributed by atoms with Gasteiger partial charge in [0.25, 0.3) is 10.0 Å². The summed E-state index contributed by atoms with van der Waals surface area (Å²) in [5.41, 5.74) is 0.371. The molecule has 0 aromatic heterocycles. The van der Waals surface area contributed by atoms with Gasteiger partial charge in [-0.1, -0.05) is 29.8 Å². The van der Waals surface area contributed by atoms with E-state index in [0.717, 1.165) is 4.31 Å². The molecule has 3 aromatic rings. The maximum absolute atomic E-state index is 14.0. The Morgan fingerprint density at radius 3 is 2.15 bits per heavy atom. The van der Waals surface area contributed by atoms with Crippen molar-refractivity contribution in [2.24, 2.45) is 0 Å². The predicted molar refractivity (Wildman–Crippen MR) is 160 cm³/mol. The van der Waals surface area contributed by atoms with E-state index in [0.29, 0.717) is 22.1 Å². The molecule has 0 fully saturated rings. The average Bonchev–Trinajstić information content (AvgIpc) is 2.93. The zero-order chi connectivity index (χ0) is 30.4. The van der Waals surface area contributed by atoms with Crippen LogP contribution < -0.4 is 19.1 Å². The summed E-state index contributed by atoms with van der Waals surface area (Å²) in [5, 5.41) is 3.21. The average molecular weight is 602 g/mol. The van der Waals surface area contributed by atoms with Crippen LogP contribution in [0.5, 0.6) is 11.5 Å². The minimum Gasteiger partial charge on any atom is -0.497 e. The largest absolute Gasteiger partial charge is 0.497 e. The minimum atomic E-state index is -4.23. The smallest absolute Gasteiger partial charge is 0.264 e. The van der Waals surface area contributed by atoms with Crippen LogP contribution in [-0.2, 0) is 26.2 Å². The fourth-order valence-corrected chi connectivity index (χ4v) is 5.65. The van der Waals surface area contributed by atoms with Gasteiger partial charge < -0.3 is 19.7 Å². The number of halogens is 1. The maximum Gasteiger partial charge on any atom is 0.264 e. The number of rotatable bonds is 11. The van der Waals surface area contributed by atoms with Gasteiger partial charge in [-0.25, -0.2) is 8.42 Å². The molecule has 2 amide bonds. The fraction of sp³-hybridized carbons (Fsp3) is 0.333. The zero-order valence-corrected chi connectivity index (χ0v) is 25.6. The lowest BCUT2D eigenvalue weighted by Gasteiger charge is -2.33. The summed E-state index contributed by atoms with van der Waals surface area (Å²) in [4.78, 5) is 28.5. The van der Waals surface area contributed by atoms with Crippen LogP contribution in [0.2, 0.25) is 5.02 Å². The van der Waals surface area contributed by atoms with Crippen LogP contribution in [0.4, 0.5) is 5.69 Å². The highest BCUT2D eigenvalue weighted by Crippen LogP contribution is 2.28. The van der Waals surface area contributed by atoms with Crippen LogP contribution in [0.3, 0.4) is 0 Å². The Bertz CT molecular complexity index is 1470. The summed E-state index contributed by atoms with van der Waals surface area (Å²) < 4.78 is 39.3. The molecule has 3 aromatic carbocycles. The number of hydrogen-bond donors (Lipinski definition) is 1. The third-order valence-electron chi connectivity index (χ3n) is 6.18. The van der Waals surface area contributed by atoms with Crippen LogP contribution in [0, 0.1) is 0 Å². The van der Waals surface area contributed by atoms with Crippen molar-refractivity contribution < 1.29 is 27.5 Å². The lowest BCUT2D eigenvalue weighted by Crippen LogP contribution is -2.54. The molecule has 1 unspecified atom stereocenters. The van der Waals surface area contributed by atoms with E-state index in [1.54, 1.807) is 49.4 Å². The number of nitrogens with zero attached hydrogens (tertiary/aromatic N) is 2. The van der Waals surface area contributed by atoms with Gasteiger partial charge in [-0.3, -0.25) is 13.9 Å². The monoisotopic (exact) mass is 601 g/mol. The lowest BCUT2D eigenvalue weighted by atomic mass is 10.1. The topological polar surface area (TPSA) is 105 Å². The summed E-state index contributed by atoms with van der Waals surface area (Å²) >= 11 is 6.21. The Morgan fingerprint density at radius 1 is 0.927 bits per heavy atom. The van der Waals surface area contributed by atoms with Crippen molar-refractivity contribution in [3.05, 3.63) is 83.4 Å². The molecule has 0 aliphatic carbocycles. The van der Waals surface area contributed by atoms with Gasteiger partial charge in [0.15, 0.2) is 0 Å². The molecule has 1 N–H and O–H groups in total. The fourth-order valence-electron chi connectivity index (χ4n) is 4.06. The molecule has 0 saturated carbocycles. The molecule has 1 atom stereocenters. The van der Waals surface area contributed by atoms with E-state index >= 15 is 0 Å². The molecule has 11 heteroatoms. The number of nitrogens with one attached hydrogen (secondary N) is 1. The molecule has 0 bridgehead atoms. The van der Waals surface area contributed by atoms with Gasteiger partial charge in [0.1, 0.15) is 24.1 Å². The number of methoxy groups -OCH3 is 2. The number of carbonyl (C=O) groups is 2. The number of hydrogen-bond acceptors (Lipinski definition) is 6.